The highest BCUT2D eigenvalue weighted by molar-refractivity contribution is 5.58. The first-order valence-corrected chi connectivity index (χ1v) is 5.91. The van der Waals surface area contributed by atoms with Gasteiger partial charge in [-0.1, -0.05) is 30.4 Å². The molecule has 3 heteroatoms. The predicted octanol–water partition coefficient (Wildman–Crippen LogP) is 3.80. The third-order valence-electron chi connectivity index (χ3n) is 2.59. The molecule has 0 unspecified atom stereocenters. The molecule has 1 atom stereocenters. The maximum absolute atomic E-state index is 5.29. The van der Waals surface area contributed by atoms with Crippen molar-refractivity contribution in [2.75, 3.05) is 12.4 Å². The summed E-state index contributed by atoms with van der Waals surface area (Å²) >= 11 is 0. The molecule has 2 rings (SSSR count). The van der Waals surface area contributed by atoms with Crippen LogP contribution in [-0.4, -0.2) is 13.2 Å². The minimum atomic E-state index is 0.182. The van der Waals surface area contributed by atoms with Crippen LogP contribution in [0.25, 0.3) is 6.08 Å². The van der Waals surface area contributed by atoms with Gasteiger partial charge in [-0.05, 0) is 19.1 Å². The molecule has 0 saturated heterocycles. The third-order valence-corrected chi connectivity index (χ3v) is 2.59. The fourth-order valence-corrected chi connectivity index (χ4v) is 1.69. The van der Waals surface area contributed by atoms with Crippen molar-refractivity contribution in [3.8, 4) is 5.75 Å². The summed E-state index contributed by atoms with van der Waals surface area (Å²) in [5, 5.41) is 3.24. The lowest BCUT2D eigenvalue weighted by Gasteiger charge is -2.08. The Morgan fingerprint density at radius 2 is 2.06 bits per heavy atom. The zero-order chi connectivity index (χ0) is 12.8. The van der Waals surface area contributed by atoms with E-state index in [1.54, 1.807) is 13.4 Å². The number of hydrogen-bond acceptors (Lipinski definition) is 3. The number of nitrogens with one attached hydrogen (secondary N) is 1. The summed E-state index contributed by atoms with van der Waals surface area (Å²) in [4.78, 5) is 0. The van der Waals surface area contributed by atoms with Gasteiger partial charge in [0.25, 0.3) is 0 Å². The predicted molar refractivity (Wildman–Crippen MR) is 73.8 cm³/mol. The van der Waals surface area contributed by atoms with Crippen LogP contribution in [0.3, 0.4) is 0 Å². The van der Waals surface area contributed by atoms with E-state index in [0.29, 0.717) is 0 Å². The summed E-state index contributed by atoms with van der Waals surface area (Å²) < 4.78 is 10.5. The van der Waals surface area contributed by atoms with Crippen molar-refractivity contribution in [1.29, 1.82) is 0 Å². The van der Waals surface area contributed by atoms with Crippen molar-refractivity contribution in [2.45, 2.75) is 13.0 Å². The van der Waals surface area contributed by atoms with Crippen molar-refractivity contribution in [3.63, 3.8) is 0 Å². The Morgan fingerprint density at radius 3 is 2.78 bits per heavy atom. The molecule has 1 aromatic heterocycles. The largest absolute Gasteiger partial charge is 0.496 e. The molecule has 0 bridgehead atoms. The van der Waals surface area contributed by atoms with Gasteiger partial charge < -0.3 is 14.5 Å². The molecular formula is C15H17NO2. The molecule has 18 heavy (non-hydrogen) atoms. The average Bonchev–Trinajstić information content (AvgIpc) is 2.89. The summed E-state index contributed by atoms with van der Waals surface area (Å²) in [6.07, 6.45) is 5.76. The molecule has 2 aromatic rings. The summed E-state index contributed by atoms with van der Waals surface area (Å²) in [5.74, 6) is 1.64. The number of ether oxygens (including phenoxy) is 1. The van der Waals surface area contributed by atoms with Gasteiger partial charge in [-0.3, -0.25) is 0 Å². The fourth-order valence-electron chi connectivity index (χ4n) is 1.69. The number of rotatable bonds is 5. The van der Waals surface area contributed by atoms with Gasteiger partial charge in [-0.25, -0.2) is 0 Å². The molecule has 3 nitrogen and oxygen atoms in total. The zero-order valence-corrected chi connectivity index (χ0v) is 10.6. The number of methoxy groups -OCH3 is 1. The molecule has 0 saturated carbocycles. The van der Waals surface area contributed by atoms with Crippen molar-refractivity contribution < 1.29 is 9.15 Å². The van der Waals surface area contributed by atoms with Crippen molar-refractivity contribution in [2.24, 2.45) is 0 Å². The van der Waals surface area contributed by atoms with Crippen LogP contribution < -0.4 is 10.1 Å². The van der Waals surface area contributed by atoms with Gasteiger partial charge in [0.15, 0.2) is 5.88 Å². The molecule has 0 spiro atoms. The second-order valence-corrected chi connectivity index (χ2v) is 4.01. The van der Waals surface area contributed by atoms with E-state index in [0.717, 1.165) is 17.2 Å². The van der Waals surface area contributed by atoms with Gasteiger partial charge in [0.1, 0.15) is 5.75 Å². The second kappa shape index (κ2) is 5.96. The molecule has 1 N–H and O–H groups in total. The van der Waals surface area contributed by atoms with E-state index in [-0.39, 0.29) is 6.04 Å². The maximum atomic E-state index is 5.29. The van der Waals surface area contributed by atoms with Gasteiger partial charge >= 0.3 is 0 Å². The summed E-state index contributed by atoms with van der Waals surface area (Å²) in [5.41, 5.74) is 1.06. The number of benzene rings is 1. The van der Waals surface area contributed by atoms with Crippen LogP contribution in [0.1, 0.15) is 12.5 Å². The lowest BCUT2D eigenvalue weighted by Crippen LogP contribution is -2.10. The minimum absolute atomic E-state index is 0.182. The number of anilines is 1. The third kappa shape index (κ3) is 3.17. The molecule has 0 aliphatic carbocycles. The van der Waals surface area contributed by atoms with Crippen molar-refractivity contribution in [3.05, 3.63) is 54.3 Å². The van der Waals surface area contributed by atoms with Crippen LogP contribution in [0.15, 0.2) is 53.2 Å². The Morgan fingerprint density at radius 1 is 1.22 bits per heavy atom. The molecule has 0 aliphatic rings. The standard InChI is InChI=1S/C15H17NO2/c1-12(16-15-8-5-11-18-15)9-10-13-6-3-4-7-14(13)17-2/h3-12,16H,1-2H3/b10-9+/t12-/m0/s1. The van der Waals surface area contributed by atoms with E-state index < -0.39 is 0 Å². The van der Waals surface area contributed by atoms with Gasteiger partial charge in [-0.2, -0.15) is 0 Å². The number of hydrogen-bond donors (Lipinski definition) is 1. The first-order chi connectivity index (χ1) is 8.79. The minimum Gasteiger partial charge on any atom is -0.496 e. The molecule has 0 fully saturated rings. The smallest absolute Gasteiger partial charge is 0.193 e. The summed E-state index contributed by atoms with van der Waals surface area (Å²) in [6, 6.07) is 11.9. The quantitative estimate of drug-likeness (QED) is 0.867. The van der Waals surface area contributed by atoms with E-state index >= 15 is 0 Å². The lowest BCUT2D eigenvalue weighted by molar-refractivity contribution is 0.414. The summed E-state index contributed by atoms with van der Waals surface area (Å²) in [6.45, 7) is 2.06. The van der Waals surface area contributed by atoms with Gasteiger partial charge in [-0.15, -0.1) is 0 Å². The molecule has 1 aromatic carbocycles. The van der Waals surface area contributed by atoms with E-state index in [4.69, 9.17) is 9.15 Å². The maximum Gasteiger partial charge on any atom is 0.193 e. The molecule has 0 radical (unpaired) electrons. The highest BCUT2D eigenvalue weighted by Gasteiger charge is 2.01. The van der Waals surface area contributed by atoms with Crippen LogP contribution in [0.4, 0.5) is 5.88 Å². The van der Waals surface area contributed by atoms with Gasteiger partial charge in [0.2, 0.25) is 0 Å². The van der Waals surface area contributed by atoms with E-state index in [9.17, 15) is 0 Å². The van der Waals surface area contributed by atoms with E-state index in [1.165, 1.54) is 0 Å². The van der Waals surface area contributed by atoms with Crippen LogP contribution in [-0.2, 0) is 0 Å². The van der Waals surface area contributed by atoms with Gasteiger partial charge in [0, 0.05) is 17.7 Å². The Labute approximate surface area is 107 Å². The molecule has 0 amide bonds. The van der Waals surface area contributed by atoms with E-state index in [1.807, 2.05) is 42.5 Å². The Hall–Kier alpha value is -2.16. The van der Waals surface area contributed by atoms with Gasteiger partial charge in [0.05, 0.1) is 13.4 Å². The van der Waals surface area contributed by atoms with Crippen LogP contribution in [0, 0.1) is 0 Å². The fraction of sp³-hybridized carbons (Fsp3) is 0.200. The monoisotopic (exact) mass is 243 g/mol. The van der Waals surface area contributed by atoms with Crippen molar-refractivity contribution in [1.82, 2.24) is 0 Å². The van der Waals surface area contributed by atoms with Crippen LogP contribution in [0.2, 0.25) is 0 Å². The first-order valence-electron chi connectivity index (χ1n) is 5.91. The van der Waals surface area contributed by atoms with Crippen LogP contribution >= 0.6 is 0 Å². The molecular weight excluding hydrogens is 226 g/mol. The average molecular weight is 243 g/mol. The normalized spacial score (nSPS) is 12.6. The topological polar surface area (TPSA) is 34.4 Å². The number of para-hydroxylation sites is 1. The van der Waals surface area contributed by atoms with E-state index in [2.05, 4.69) is 18.3 Å². The summed E-state index contributed by atoms with van der Waals surface area (Å²) in [7, 11) is 1.68. The second-order valence-electron chi connectivity index (χ2n) is 4.01. The Balaban J connectivity index is 2.01. The van der Waals surface area contributed by atoms with Crippen LogP contribution in [0.5, 0.6) is 5.75 Å². The molecule has 94 valence electrons. The lowest BCUT2D eigenvalue weighted by atomic mass is 10.1. The Bertz CT molecular complexity index is 503. The highest BCUT2D eigenvalue weighted by Crippen LogP contribution is 2.19. The number of furan rings is 1. The molecule has 0 aliphatic heterocycles. The highest BCUT2D eigenvalue weighted by atomic mass is 16.5. The Kier molecular flexibility index (Phi) is 4.07. The first kappa shape index (κ1) is 12.3. The molecule has 1 heterocycles. The SMILES string of the molecule is COc1ccccc1/C=C/[C@H](C)Nc1ccco1. The van der Waals surface area contributed by atoms with Crippen molar-refractivity contribution >= 4 is 12.0 Å². The zero-order valence-electron chi connectivity index (χ0n) is 10.6.